The highest BCUT2D eigenvalue weighted by Gasteiger charge is 2.34. The van der Waals surface area contributed by atoms with E-state index >= 15 is 0 Å². The molecule has 45 heavy (non-hydrogen) atoms. The Morgan fingerprint density at radius 1 is 0.422 bits per heavy atom. The van der Waals surface area contributed by atoms with Crippen LogP contribution >= 0.6 is 0 Å². The molecule has 7 rings (SSSR count). The van der Waals surface area contributed by atoms with Gasteiger partial charge in [0.2, 0.25) is 0 Å². The van der Waals surface area contributed by atoms with E-state index in [1.54, 1.807) is 0 Å². The quantitative estimate of drug-likeness (QED) is 0.271. The van der Waals surface area contributed by atoms with Gasteiger partial charge in [0.25, 0.3) is 0 Å². The van der Waals surface area contributed by atoms with Crippen LogP contribution in [0.2, 0.25) is 0 Å². The molecule has 3 aromatic carbocycles. The van der Waals surface area contributed by atoms with Crippen molar-refractivity contribution < 1.29 is 15.3 Å². The van der Waals surface area contributed by atoms with E-state index in [4.69, 9.17) is 0 Å². The molecule has 0 aromatic heterocycles. The minimum Gasteiger partial charge on any atom is -0.508 e. The fraction of sp³-hybridized carbons (Fsp3) is 0.571. The maximum absolute atomic E-state index is 11.5. The standard InChI is InChI=1S/C42H54O3/c1-26-18-40(43)36(28-12-6-3-7-13-28)23-33(26)31-20-32-22-42(45)38(30-16-10-5-11-17-30)25-35(32)39(21-31)34-24-37(41(44)19-27(34)2)29-14-8-4-9-15-29/h18-19,22-25,28-31,39,43-45H,3-17,20-21H2,1-2H3. The number of rotatable bonds is 5. The van der Waals surface area contributed by atoms with Gasteiger partial charge in [0.1, 0.15) is 17.2 Å². The fourth-order valence-electron chi connectivity index (χ4n) is 9.95. The highest BCUT2D eigenvalue weighted by atomic mass is 16.3. The first kappa shape index (κ1) is 30.7. The summed E-state index contributed by atoms with van der Waals surface area (Å²) in [4.78, 5) is 0. The van der Waals surface area contributed by atoms with Crippen LogP contribution in [0.4, 0.5) is 0 Å². The van der Waals surface area contributed by atoms with Crippen molar-refractivity contribution in [3.8, 4) is 17.2 Å². The summed E-state index contributed by atoms with van der Waals surface area (Å²) < 4.78 is 0. The van der Waals surface area contributed by atoms with Crippen LogP contribution in [0.3, 0.4) is 0 Å². The molecule has 0 saturated heterocycles. The lowest BCUT2D eigenvalue weighted by atomic mass is 9.68. The molecule has 0 aliphatic heterocycles. The van der Waals surface area contributed by atoms with E-state index in [1.807, 2.05) is 12.1 Å². The molecular weight excluding hydrogens is 552 g/mol. The number of phenols is 3. The highest BCUT2D eigenvalue weighted by molar-refractivity contribution is 5.55. The molecule has 2 unspecified atom stereocenters. The van der Waals surface area contributed by atoms with Crippen molar-refractivity contribution in [2.75, 3.05) is 0 Å². The second kappa shape index (κ2) is 13.0. The van der Waals surface area contributed by atoms with Crippen LogP contribution in [0.5, 0.6) is 17.2 Å². The van der Waals surface area contributed by atoms with Crippen molar-refractivity contribution in [3.63, 3.8) is 0 Å². The van der Waals surface area contributed by atoms with Gasteiger partial charge in [-0.1, -0.05) is 76.0 Å². The van der Waals surface area contributed by atoms with E-state index in [2.05, 4.69) is 38.1 Å². The Hall–Kier alpha value is -2.94. The normalized spacial score (nSPS) is 23.6. The Bertz CT molecular complexity index is 1520. The molecule has 0 radical (unpaired) electrons. The van der Waals surface area contributed by atoms with Crippen molar-refractivity contribution in [2.45, 2.75) is 153 Å². The van der Waals surface area contributed by atoms with Crippen LogP contribution in [0.25, 0.3) is 0 Å². The smallest absolute Gasteiger partial charge is 0.119 e. The summed E-state index contributed by atoms with van der Waals surface area (Å²) in [6, 6.07) is 13.3. The van der Waals surface area contributed by atoms with Gasteiger partial charge in [-0.05, 0) is 157 Å². The Balaban J connectivity index is 1.33. The lowest BCUT2D eigenvalue weighted by Gasteiger charge is -2.36. The highest BCUT2D eigenvalue weighted by Crippen LogP contribution is 2.51. The zero-order valence-corrected chi connectivity index (χ0v) is 27.7. The summed E-state index contributed by atoms with van der Waals surface area (Å²) in [7, 11) is 0. The Morgan fingerprint density at radius 2 is 0.822 bits per heavy atom. The number of hydrogen-bond donors (Lipinski definition) is 3. The SMILES string of the molecule is Cc1cc(O)c(C2CCCCC2)cc1C1Cc2cc(O)c(C3CCCCC3)cc2C(c2cc(C3CCCCC3)c(O)cc2C)C1. The van der Waals surface area contributed by atoms with Crippen LogP contribution < -0.4 is 0 Å². The largest absolute Gasteiger partial charge is 0.508 e. The third kappa shape index (κ3) is 6.13. The molecule has 3 nitrogen and oxygen atoms in total. The van der Waals surface area contributed by atoms with Gasteiger partial charge in [-0.3, -0.25) is 0 Å². The first-order chi connectivity index (χ1) is 21.9. The second-order valence-corrected chi connectivity index (χ2v) is 15.3. The molecule has 0 amide bonds. The van der Waals surface area contributed by atoms with Crippen molar-refractivity contribution in [2.24, 2.45) is 0 Å². The van der Waals surface area contributed by atoms with E-state index in [-0.39, 0.29) is 5.92 Å². The van der Waals surface area contributed by atoms with Crippen molar-refractivity contribution in [3.05, 3.63) is 86.5 Å². The molecule has 3 saturated carbocycles. The Kier molecular flexibility index (Phi) is 8.90. The van der Waals surface area contributed by atoms with E-state index < -0.39 is 0 Å². The summed E-state index contributed by atoms with van der Waals surface area (Å²) in [5, 5.41) is 33.8. The number of aryl methyl sites for hydroxylation is 2. The van der Waals surface area contributed by atoms with Gasteiger partial charge < -0.3 is 15.3 Å². The summed E-state index contributed by atoms with van der Waals surface area (Å²) in [5.74, 6) is 3.26. The predicted molar refractivity (Wildman–Crippen MR) is 184 cm³/mol. The van der Waals surface area contributed by atoms with Crippen LogP contribution in [0.1, 0.15) is 182 Å². The van der Waals surface area contributed by atoms with Crippen LogP contribution in [0.15, 0.2) is 36.4 Å². The molecule has 4 aliphatic carbocycles. The fourth-order valence-corrected chi connectivity index (χ4v) is 9.95. The van der Waals surface area contributed by atoms with Gasteiger partial charge in [0.05, 0.1) is 0 Å². The lowest BCUT2D eigenvalue weighted by molar-refractivity contribution is 0.410. The molecule has 3 heteroatoms. The molecule has 3 N–H and O–H groups in total. The first-order valence-electron chi connectivity index (χ1n) is 18.4. The van der Waals surface area contributed by atoms with E-state index in [0.29, 0.717) is 40.9 Å². The topological polar surface area (TPSA) is 60.7 Å². The maximum Gasteiger partial charge on any atom is 0.119 e. The summed E-state index contributed by atoms with van der Waals surface area (Å²) in [5.41, 5.74) is 11.2. The van der Waals surface area contributed by atoms with Crippen molar-refractivity contribution >= 4 is 0 Å². The molecule has 0 spiro atoms. The van der Waals surface area contributed by atoms with E-state index in [1.165, 1.54) is 117 Å². The Morgan fingerprint density at radius 3 is 1.31 bits per heavy atom. The summed E-state index contributed by atoms with van der Waals surface area (Å²) in [6.45, 7) is 4.35. The maximum atomic E-state index is 11.5. The first-order valence-corrected chi connectivity index (χ1v) is 18.4. The van der Waals surface area contributed by atoms with Crippen LogP contribution in [-0.2, 0) is 6.42 Å². The van der Waals surface area contributed by atoms with Gasteiger partial charge in [0.15, 0.2) is 0 Å². The average molecular weight is 607 g/mol. The number of hydrogen-bond acceptors (Lipinski definition) is 3. The zero-order chi connectivity index (χ0) is 31.1. The summed E-state index contributed by atoms with van der Waals surface area (Å²) >= 11 is 0. The number of aromatic hydroxyl groups is 3. The Labute approximate surface area is 271 Å². The molecule has 3 fully saturated rings. The third-order valence-corrected chi connectivity index (χ3v) is 12.4. The molecule has 3 aromatic rings. The number of phenolic OH excluding ortho intramolecular Hbond substituents is 3. The monoisotopic (exact) mass is 606 g/mol. The molecular formula is C42H54O3. The predicted octanol–water partition coefficient (Wildman–Crippen LogP) is 11.4. The van der Waals surface area contributed by atoms with Crippen molar-refractivity contribution in [1.82, 2.24) is 0 Å². The second-order valence-electron chi connectivity index (χ2n) is 15.3. The number of fused-ring (bicyclic) bond motifs is 1. The van der Waals surface area contributed by atoms with E-state index in [9.17, 15) is 15.3 Å². The number of benzene rings is 3. The van der Waals surface area contributed by atoms with Gasteiger partial charge in [-0.2, -0.15) is 0 Å². The van der Waals surface area contributed by atoms with Crippen LogP contribution in [0, 0.1) is 13.8 Å². The van der Waals surface area contributed by atoms with Gasteiger partial charge in [-0.15, -0.1) is 0 Å². The summed E-state index contributed by atoms with van der Waals surface area (Å²) in [6.07, 6.45) is 20.3. The minimum absolute atomic E-state index is 0.205. The molecule has 0 bridgehead atoms. The molecule has 2 atom stereocenters. The van der Waals surface area contributed by atoms with Gasteiger partial charge >= 0.3 is 0 Å². The zero-order valence-electron chi connectivity index (χ0n) is 27.7. The van der Waals surface area contributed by atoms with Crippen LogP contribution in [-0.4, -0.2) is 15.3 Å². The van der Waals surface area contributed by atoms with E-state index in [0.717, 1.165) is 42.4 Å². The molecule has 240 valence electrons. The minimum atomic E-state index is 0.205. The average Bonchev–Trinajstić information content (AvgIpc) is 3.05. The van der Waals surface area contributed by atoms with Gasteiger partial charge in [-0.25, -0.2) is 0 Å². The van der Waals surface area contributed by atoms with Crippen molar-refractivity contribution in [1.29, 1.82) is 0 Å². The third-order valence-electron chi connectivity index (χ3n) is 12.4. The lowest BCUT2D eigenvalue weighted by Crippen LogP contribution is -2.21. The van der Waals surface area contributed by atoms with Gasteiger partial charge in [0, 0.05) is 5.92 Å². The molecule has 0 heterocycles. The molecule has 4 aliphatic rings.